The minimum atomic E-state index is -0.326. The van der Waals surface area contributed by atoms with Crippen LogP contribution >= 0.6 is 0 Å². The fraction of sp³-hybridized carbons (Fsp3) is 0.333. The van der Waals surface area contributed by atoms with Crippen LogP contribution in [0.25, 0.3) is 0 Å². The second-order valence-corrected chi connectivity index (χ2v) is 6.93. The Hall–Kier alpha value is -2.62. The smallest absolute Gasteiger partial charge is 0.229 e. The molecule has 1 fully saturated rings. The third-order valence-corrected chi connectivity index (χ3v) is 5.00. The molecule has 2 amide bonds. The van der Waals surface area contributed by atoms with Crippen molar-refractivity contribution in [3.8, 4) is 0 Å². The van der Waals surface area contributed by atoms with E-state index in [1.54, 1.807) is 4.90 Å². The normalized spacial score (nSPS) is 17.0. The highest BCUT2D eigenvalue weighted by atomic mass is 16.2. The molecule has 0 unspecified atom stereocenters. The van der Waals surface area contributed by atoms with Crippen molar-refractivity contribution in [2.24, 2.45) is 5.92 Å². The molecule has 0 bridgehead atoms. The fourth-order valence-electron chi connectivity index (χ4n) is 3.33. The zero-order valence-corrected chi connectivity index (χ0v) is 15.2. The summed E-state index contributed by atoms with van der Waals surface area (Å²) in [6.07, 6.45) is 0.254. The lowest BCUT2D eigenvalue weighted by Crippen LogP contribution is -2.28. The molecule has 0 saturated carbocycles. The van der Waals surface area contributed by atoms with E-state index in [-0.39, 0.29) is 24.2 Å². The van der Waals surface area contributed by atoms with Crippen molar-refractivity contribution in [3.63, 3.8) is 0 Å². The number of rotatable bonds is 3. The molecule has 0 radical (unpaired) electrons. The van der Waals surface area contributed by atoms with Crippen LogP contribution in [-0.2, 0) is 9.59 Å². The molecule has 25 heavy (non-hydrogen) atoms. The number of aryl methyl sites for hydroxylation is 3. The fourth-order valence-corrected chi connectivity index (χ4v) is 3.33. The van der Waals surface area contributed by atoms with Gasteiger partial charge in [-0.3, -0.25) is 9.59 Å². The van der Waals surface area contributed by atoms with Gasteiger partial charge < -0.3 is 10.2 Å². The van der Waals surface area contributed by atoms with Crippen LogP contribution < -0.4 is 10.2 Å². The van der Waals surface area contributed by atoms with E-state index >= 15 is 0 Å². The Morgan fingerprint density at radius 2 is 1.84 bits per heavy atom. The minimum absolute atomic E-state index is 0.00878. The number of carbonyl (C=O) groups is 2. The SMILES string of the molecule is Cc1ccc(NC(=O)[C@H]2CC(=O)N(c3cccc(C)c3C)C2)c(C)c1. The zero-order valence-electron chi connectivity index (χ0n) is 15.2. The summed E-state index contributed by atoms with van der Waals surface area (Å²) in [6.45, 7) is 8.48. The van der Waals surface area contributed by atoms with Crippen molar-refractivity contribution in [2.45, 2.75) is 34.1 Å². The molecule has 0 aromatic heterocycles. The van der Waals surface area contributed by atoms with Crippen LogP contribution in [0, 0.1) is 33.6 Å². The summed E-state index contributed by atoms with van der Waals surface area (Å²) in [4.78, 5) is 26.8. The molecule has 1 aliphatic heterocycles. The van der Waals surface area contributed by atoms with Crippen molar-refractivity contribution < 1.29 is 9.59 Å². The van der Waals surface area contributed by atoms with E-state index in [4.69, 9.17) is 0 Å². The highest BCUT2D eigenvalue weighted by Crippen LogP contribution is 2.30. The third-order valence-electron chi connectivity index (χ3n) is 5.00. The van der Waals surface area contributed by atoms with Gasteiger partial charge in [0.15, 0.2) is 0 Å². The summed E-state index contributed by atoms with van der Waals surface area (Å²) in [5.41, 5.74) is 6.15. The number of hydrogen-bond donors (Lipinski definition) is 1. The van der Waals surface area contributed by atoms with E-state index in [9.17, 15) is 9.59 Å². The monoisotopic (exact) mass is 336 g/mol. The first-order valence-electron chi connectivity index (χ1n) is 8.61. The van der Waals surface area contributed by atoms with Gasteiger partial charge >= 0.3 is 0 Å². The standard InChI is InChI=1S/C21H24N2O2/c1-13-8-9-18(15(3)10-13)22-21(25)17-11-20(24)23(12-17)19-7-5-6-14(2)16(19)4/h5-10,17H,11-12H2,1-4H3,(H,22,25)/t17-/m0/s1. The Labute approximate surface area is 148 Å². The summed E-state index contributed by atoms with van der Waals surface area (Å²) in [5, 5.41) is 2.98. The van der Waals surface area contributed by atoms with E-state index in [0.717, 1.165) is 33.6 Å². The van der Waals surface area contributed by atoms with E-state index in [1.165, 1.54) is 0 Å². The molecule has 1 saturated heterocycles. The number of benzene rings is 2. The van der Waals surface area contributed by atoms with Crippen LogP contribution in [-0.4, -0.2) is 18.4 Å². The van der Waals surface area contributed by atoms with Crippen LogP contribution in [0.15, 0.2) is 36.4 Å². The zero-order chi connectivity index (χ0) is 18.1. The lowest BCUT2D eigenvalue weighted by Gasteiger charge is -2.20. The molecular formula is C21H24N2O2. The molecule has 1 aliphatic rings. The maximum atomic E-state index is 12.6. The molecule has 2 aromatic rings. The second kappa shape index (κ2) is 6.71. The summed E-state index contributed by atoms with van der Waals surface area (Å²) >= 11 is 0. The average Bonchev–Trinajstić information content (AvgIpc) is 2.94. The largest absolute Gasteiger partial charge is 0.326 e. The maximum absolute atomic E-state index is 12.6. The number of hydrogen-bond acceptors (Lipinski definition) is 2. The Bertz CT molecular complexity index is 842. The Morgan fingerprint density at radius 1 is 1.08 bits per heavy atom. The van der Waals surface area contributed by atoms with Crippen molar-refractivity contribution >= 4 is 23.2 Å². The van der Waals surface area contributed by atoms with Crippen LogP contribution in [0.3, 0.4) is 0 Å². The topological polar surface area (TPSA) is 49.4 Å². The van der Waals surface area contributed by atoms with Crippen molar-refractivity contribution in [3.05, 3.63) is 58.7 Å². The first-order chi connectivity index (χ1) is 11.9. The molecule has 130 valence electrons. The third kappa shape index (κ3) is 3.43. The number of carbonyl (C=O) groups excluding carboxylic acids is 2. The van der Waals surface area contributed by atoms with E-state index in [1.807, 2.05) is 64.1 Å². The van der Waals surface area contributed by atoms with Crippen molar-refractivity contribution in [2.75, 3.05) is 16.8 Å². The lowest BCUT2D eigenvalue weighted by atomic mass is 10.1. The first-order valence-corrected chi connectivity index (χ1v) is 8.61. The number of anilines is 2. The van der Waals surface area contributed by atoms with E-state index in [0.29, 0.717) is 6.54 Å². The van der Waals surface area contributed by atoms with Gasteiger partial charge in [-0.05, 0) is 56.5 Å². The Balaban J connectivity index is 1.75. The number of nitrogens with zero attached hydrogens (tertiary/aromatic N) is 1. The van der Waals surface area contributed by atoms with Gasteiger partial charge in [-0.25, -0.2) is 0 Å². The minimum Gasteiger partial charge on any atom is -0.326 e. The number of nitrogens with one attached hydrogen (secondary N) is 1. The lowest BCUT2D eigenvalue weighted by molar-refractivity contribution is -0.122. The number of amides is 2. The van der Waals surface area contributed by atoms with Crippen LogP contribution in [0.1, 0.15) is 28.7 Å². The highest BCUT2D eigenvalue weighted by molar-refractivity contribution is 6.04. The van der Waals surface area contributed by atoms with Crippen molar-refractivity contribution in [1.82, 2.24) is 0 Å². The Morgan fingerprint density at radius 3 is 2.56 bits per heavy atom. The predicted molar refractivity (Wildman–Crippen MR) is 101 cm³/mol. The van der Waals surface area contributed by atoms with Gasteiger partial charge in [-0.15, -0.1) is 0 Å². The molecule has 0 spiro atoms. The molecule has 4 heteroatoms. The summed E-state index contributed by atoms with van der Waals surface area (Å²) < 4.78 is 0. The summed E-state index contributed by atoms with van der Waals surface area (Å²) in [6, 6.07) is 11.9. The van der Waals surface area contributed by atoms with Crippen LogP contribution in [0.5, 0.6) is 0 Å². The van der Waals surface area contributed by atoms with Crippen LogP contribution in [0.2, 0.25) is 0 Å². The molecule has 1 N–H and O–H groups in total. The van der Waals surface area contributed by atoms with Gasteiger partial charge in [0.2, 0.25) is 11.8 Å². The van der Waals surface area contributed by atoms with Gasteiger partial charge in [0.25, 0.3) is 0 Å². The van der Waals surface area contributed by atoms with Crippen molar-refractivity contribution in [1.29, 1.82) is 0 Å². The molecule has 1 heterocycles. The molecule has 0 aliphatic carbocycles. The molecule has 3 rings (SSSR count). The summed E-state index contributed by atoms with van der Waals surface area (Å²) in [7, 11) is 0. The molecule has 2 aromatic carbocycles. The Kier molecular flexibility index (Phi) is 4.62. The molecular weight excluding hydrogens is 312 g/mol. The highest BCUT2D eigenvalue weighted by Gasteiger charge is 2.35. The van der Waals surface area contributed by atoms with Gasteiger partial charge in [0.05, 0.1) is 5.92 Å². The van der Waals surface area contributed by atoms with E-state index < -0.39 is 0 Å². The van der Waals surface area contributed by atoms with Gasteiger partial charge in [-0.2, -0.15) is 0 Å². The maximum Gasteiger partial charge on any atom is 0.229 e. The molecule has 1 atom stereocenters. The van der Waals surface area contributed by atoms with Gasteiger partial charge in [-0.1, -0.05) is 29.8 Å². The molecule has 4 nitrogen and oxygen atoms in total. The summed E-state index contributed by atoms with van der Waals surface area (Å²) in [5.74, 6) is -0.407. The van der Waals surface area contributed by atoms with Gasteiger partial charge in [0, 0.05) is 24.3 Å². The van der Waals surface area contributed by atoms with Gasteiger partial charge in [0.1, 0.15) is 0 Å². The second-order valence-electron chi connectivity index (χ2n) is 6.93. The predicted octanol–water partition coefficient (Wildman–Crippen LogP) is 3.91. The quantitative estimate of drug-likeness (QED) is 0.924. The first kappa shape index (κ1) is 17.2. The van der Waals surface area contributed by atoms with E-state index in [2.05, 4.69) is 5.32 Å². The average molecular weight is 336 g/mol. The van der Waals surface area contributed by atoms with Crippen LogP contribution in [0.4, 0.5) is 11.4 Å².